The number of hydrogen-bond acceptors (Lipinski definition) is 1. The van der Waals surface area contributed by atoms with E-state index in [9.17, 15) is 0 Å². The van der Waals surface area contributed by atoms with Crippen LogP contribution in [0.1, 0.15) is 34.1 Å². The van der Waals surface area contributed by atoms with Gasteiger partial charge in [0.15, 0.2) is 0 Å². The molecule has 0 amide bonds. The van der Waals surface area contributed by atoms with Gasteiger partial charge >= 0.3 is 0 Å². The maximum absolute atomic E-state index is 8.60. The average molecular weight is 130 g/mol. The summed E-state index contributed by atoms with van der Waals surface area (Å²) in [5.41, 5.74) is 0.350. The number of aliphatic hydroxyl groups is 1. The maximum Gasteiger partial charge on any atom is 0.0433 e. The molecule has 1 unspecified atom stereocenters. The SMILES string of the molecule is CC(CCO)C(C)(C)C. The van der Waals surface area contributed by atoms with Crippen molar-refractivity contribution < 1.29 is 5.11 Å². The lowest BCUT2D eigenvalue weighted by Crippen LogP contribution is -2.18. The Kier molecular flexibility index (Phi) is 3.20. The van der Waals surface area contributed by atoms with Gasteiger partial charge in [0.05, 0.1) is 0 Å². The summed E-state index contributed by atoms with van der Waals surface area (Å²) in [5.74, 6) is 0.613. The molecular formula is C8H18O. The van der Waals surface area contributed by atoms with Gasteiger partial charge in [-0.05, 0) is 17.8 Å². The molecule has 0 heterocycles. The quantitative estimate of drug-likeness (QED) is 0.606. The van der Waals surface area contributed by atoms with E-state index in [1.165, 1.54) is 0 Å². The van der Waals surface area contributed by atoms with Crippen molar-refractivity contribution in [3.8, 4) is 0 Å². The van der Waals surface area contributed by atoms with E-state index in [2.05, 4.69) is 27.7 Å². The molecule has 0 bridgehead atoms. The van der Waals surface area contributed by atoms with E-state index in [1.807, 2.05) is 0 Å². The summed E-state index contributed by atoms with van der Waals surface area (Å²) >= 11 is 0. The Morgan fingerprint density at radius 2 is 1.78 bits per heavy atom. The van der Waals surface area contributed by atoms with Gasteiger partial charge < -0.3 is 5.11 Å². The van der Waals surface area contributed by atoms with Crippen molar-refractivity contribution in [1.29, 1.82) is 0 Å². The van der Waals surface area contributed by atoms with Gasteiger partial charge in [0, 0.05) is 6.61 Å². The summed E-state index contributed by atoms with van der Waals surface area (Å²) < 4.78 is 0. The number of rotatable bonds is 2. The molecule has 9 heavy (non-hydrogen) atoms. The first-order chi connectivity index (χ1) is 3.98. The van der Waals surface area contributed by atoms with E-state index in [0.717, 1.165) is 6.42 Å². The van der Waals surface area contributed by atoms with Crippen molar-refractivity contribution in [1.82, 2.24) is 0 Å². The molecule has 1 atom stereocenters. The van der Waals surface area contributed by atoms with Crippen molar-refractivity contribution in [3.05, 3.63) is 0 Å². The fraction of sp³-hybridized carbons (Fsp3) is 1.00. The molecule has 0 aromatic rings. The summed E-state index contributed by atoms with van der Waals surface area (Å²) in [7, 11) is 0. The Labute approximate surface area is 58.1 Å². The van der Waals surface area contributed by atoms with Crippen LogP contribution in [0, 0.1) is 11.3 Å². The Balaban J connectivity index is 3.59. The summed E-state index contributed by atoms with van der Waals surface area (Å²) in [4.78, 5) is 0. The fourth-order valence-corrected chi connectivity index (χ4v) is 0.627. The molecule has 56 valence electrons. The molecule has 0 aromatic heterocycles. The second-order valence-electron chi connectivity index (χ2n) is 3.78. The summed E-state index contributed by atoms with van der Waals surface area (Å²) in [6.07, 6.45) is 0.920. The molecule has 0 rings (SSSR count). The predicted molar refractivity (Wildman–Crippen MR) is 40.3 cm³/mol. The first-order valence-corrected chi connectivity index (χ1v) is 3.59. The van der Waals surface area contributed by atoms with Crippen LogP contribution in [0.2, 0.25) is 0 Å². The molecule has 0 aromatic carbocycles. The molecule has 1 nitrogen and oxygen atoms in total. The van der Waals surface area contributed by atoms with Gasteiger partial charge in [0.2, 0.25) is 0 Å². The Bertz CT molecular complexity index is 71.1. The minimum Gasteiger partial charge on any atom is -0.396 e. The monoisotopic (exact) mass is 130 g/mol. The van der Waals surface area contributed by atoms with Crippen molar-refractivity contribution in [2.75, 3.05) is 6.61 Å². The Hall–Kier alpha value is -0.0400. The van der Waals surface area contributed by atoms with Gasteiger partial charge in [-0.1, -0.05) is 27.7 Å². The second kappa shape index (κ2) is 3.21. The summed E-state index contributed by atoms with van der Waals surface area (Å²) in [6, 6.07) is 0. The van der Waals surface area contributed by atoms with Gasteiger partial charge in [-0.25, -0.2) is 0 Å². The van der Waals surface area contributed by atoms with Crippen LogP contribution in [0.4, 0.5) is 0 Å². The molecule has 0 aliphatic heterocycles. The maximum atomic E-state index is 8.60. The van der Waals surface area contributed by atoms with Crippen LogP contribution in [0.5, 0.6) is 0 Å². The normalized spacial score (nSPS) is 15.7. The van der Waals surface area contributed by atoms with Crippen LogP contribution in [0.3, 0.4) is 0 Å². The zero-order valence-corrected chi connectivity index (χ0v) is 6.94. The van der Waals surface area contributed by atoms with E-state index in [4.69, 9.17) is 5.11 Å². The van der Waals surface area contributed by atoms with E-state index >= 15 is 0 Å². The van der Waals surface area contributed by atoms with Crippen molar-refractivity contribution >= 4 is 0 Å². The molecule has 0 aliphatic rings. The lowest BCUT2D eigenvalue weighted by Gasteiger charge is -2.26. The molecule has 0 spiro atoms. The zero-order chi connectivity index (χ0) is 7.49. The van der Waals surface area contributed by atoms with Crippen molar-refractivity contribution in [2.45, 2.75) is 34.1 Å². The Morgan fingerprint density at radius 1 is 1.33 bits per heavy atom. The van der Waals surface area contributed by atoms with Gasteiger partial charge in [0.25, 0.3) is 0 Å². The highest BCUT2D eigenvalue weighted by atomic mass is 16.3. The first kappa shape index (κ1) is 8.96. The number of aliphatic hydroxyl groups excluding tert-OH is 1. The minimum atomic E-state index is 0.318. The molecule has 0 saturated heterocycles. The van der Waals surface area contributed by atoms with Gasteiger partial charge in [-0.3, -0.25) is 0 Å². The molecular weight excluding hydrogens is 112 g/mol. The molecule has 1 N–H and O–H groups in total. The minimum absolute atomic E-state index is 0.318. The van der Waals surface area contributed by atoms with E-state index < -0.39 is 0 Å². The van der Waals surface area contributed by atoms with Crippen LogP contribution in [-0.4, -0.2) is 11.7 Å². The number of hydrogen-bond donors (Lipinski definition) is 1. The van der Waals surface area contributed by atoms with Gasteiger partial charge in [0.1, 0.15) is 0 Å². The van der Waals surface area contributed by atoms with Gasteiger partial charge in [-0.15, -0.1) is 0 Å². The zero-order valence-electron chi connectivity index (χ0n) is 6.94. The van der Waals surface area contributed by atoms with E-state index in [0.29, 0.717) is 17.9 Å². The van der Waals surface area contributed by atoms with Crippen LogP contribution in [0.25, 0.3) is 0 Å². The highest BCUT2D eigenvalue weighted by Gasteiger charge is 2.18. The van der Waals surface area contributed by atoms with Crippen molar-refractivity contribution in [2.24, 2.45) is 11.3 Å². The lowest BCUT2D eigenvalue weighted by molar-refractivity contribution is 0.188. The molecule has 0 aliphatic carbocycles. The van der Waals surface area contributed by atoms with Crippen LogP contribution in [-0.2, 0) is 0 Å². The Morgan fingerprint density at radius 3 is 1.89 bits per heavy atom. The molecule has 0 fully saturated rings. The third-order valence-electron chi connectivity index (χ3n) is 2.04. The third kappa shape index (κ3) is 3.52. The summed E-state index contributed by atoms with van der Waals surface area (Å²) in [5, 5.41) is 8.60. The predicted octanol–water partition coefficient (Wildman–Crippen LogP) is 2.05. The molecule has 1 heteroatoms. The second-order valence-corrected chi connectivity index (χ2v) is 3.78. The highest BCUT2D eigenvalue weighted by Crippen LogP contribution is 2.27. The third-order valence-corrected chi connectivity index (χ3v) is 2.04. The standard InChI is InChI=1S/C8H18O/c1-7(5-6-9)8(2,3)4/h7,9H,5-6H2,1-4H3. The largest absolute Gasteiger partial charge is 0.396 e. The van der Waals surface area contributed by atoms with E-state index in [1.54, 1.807) is 0 Å². The average Bonchev–Trinajstić information content (AvgIpc) is 1.64. The van der Waals surface area contributed by atoms with Crippen LogP contribution in [0.15, 0.2) is 0 Å². The topological polar surface area (TPSA) is 20.2 Å². The highest BCUT2D eigenvalue weighted by molar-refractivity contribution is 4.68. The first-order valence-electron chi connectivity index (χ1n) is 3.59. The molecule has 0 radical (unpaired) electrons. The fourth-order valence-electron chi connectivity index (χ4n) is 0.627. The van der Waals surface area contributed by atoms with Crippen LogP contribution >= 0.6 is 0 Å². The van der Waals surface area contributed by atoms with Crippen LogP contribution < -0.4 is 0 Å². The smallest absolute Gasteiger partial charge is 0.0433 e. The molecule has 0 saturated carbocycles. The lowest BCUT2D eigenvalue weighted by atomic mass is 9.80. The summed E-state index contributed by atoms with van der Waals surface area (Å²) in [6.45, 7) is 9.10. The van der Waals surface area contributed by atoms with Gasteiger partial charge in [-0.2, -0.15) is 0 Å². The van der Waals surface area contributed by atoms with Crippen molar-refractivity contribution in [3.63, 3.8) is 0 Å². The van der Waals surface area contributed by atoms with E-state index in [-0.39, 0.29) is 0 Å².